The highest BCUT2D eigenvalue weighted by Gasteiger charge is 2.27. The molecule has 0 radical (unpaired) electrons. The van der Waals surface area contributed by atoms with E-state index in [0.717, 1.165) is 44.8 Å². The normalized spacial score (nSPS) is 22.5. The zero-order valence-corrected chi connectivity index (χ0v) is 14.4. The van der Waals surface area contributed by atoms with Crippen molar-refractivity contribution in [2.75, 3.05) is 52.3 Å². The molecule has 22 heavy (non-hydrogen) atoms. The predicted octanol–water partition coefficient (Wildman–Crippen LogP) is 1.83. The summed E-state index contributed by atoms with van der Waals surface area (Å²) in [5.74, 6) is 1.11. The quantitative estimate of drug-likeness (QED) is 0.922. The van der Waals surface area contributed by atoms with Gasteiger partial charge in [-0.05, 0) is 63.0 Å². The van der Waals surface area contributed by atoms with E-state index in [9.17, 15) is 0 Å². The summed E-state index contributed by atoms with van der Waals surface area (Å²) in [5.41, 5.74) is 5.68. The van der Waals surface area contributed by atoms with E-state index in [0.29, 0.717) is 6.04 Å². The maximum Gasteiger partial charge on any atom is 0.125 e. The molecule has 1 atom stereocenters. The molecule has 1 aromatic carbocycles. The van der Waals surface area contributed by atoms with Gasteiger partial charge < -0.3 is 19.9 Å². The Morgan fingerprint density at radius 1 is 1.18 bits per heavy atom. The fourth-order valence-corrected chi connectivity index (χ4v) is 3.91. The number of fused-ring (bicyclic) bond motifs is 1. The number of piperazine rings is 1. The molecule has 1 unspecified atom stereocenters. The van der Waals surface area contributed by atoms with Crippen molar-refractivity contribution < 1.29 is 4.74 Å². The maximum atomic E-state index is 5.72. The molecule has 0 amide bonds. The lowest BCUT2D eigenvalue weighted by molar-refractivity contribution is 0.312. The van der Waals surface area contributed by atoms with Crippen LogP contribution in [0.4, 0.5) is 5.69 Å². The number of nitrogens with zero attached hydrogens (tertiary/aromatic N) is 2. The number of hydrogen-bond acceptors (Lipinski definition) is 4. The van der Waals surface area contributed by atoms with Crippen LogP contribution < -0.4 is 15.0 Å². The van der Waals surface area contributed by atoms with Gasteiger partial charge in [-0.2, -0.15) is 0 Å². The van der Waals surface area contributed by atoms with Crippen LogP contribution in [0.3, 0.4) is 0 Å². The summed E-state index contributed by atoms with van der Waals surface area (Å²) in [5, 5.41) is 3.47. The van der Waals surface area contributed by atoms with Gasteiger partial charge in [0.1, 0.15) is 5.75 Å². The summed E-state index contributed by atoms with van der Waals surface area (Å²) in [7, 11) is 6.10. The van der Waals surface area contributed by atoms with Crippen LogP contribution in [0.5, 0.6) is 5.75 Å². The molecule has 4 nitrogen and oxygen atoms in total. The summed E-state index contributed by atoms with van der Waals surface area (Å²) in [6.07, 6.45) is 3.43. The molecule has 1 aromatic rings. The van der Waals surface area contributed by atoms with Crippen molar-refractivity contribution in [1.29, 1.82) is 0 Å². The largest absolute Gasteiger partial charge is 0.496 e. The fourth-order valence-electron chi connectivity index (χ4n) is 3.91. The van der Waals surface area contributed by atoms with Gasteiger partial charge in [0, 0.05) is 37.9 Å². The highest BCUT2D eigenvalue weighted by Crippen LogP contribution is 2.39. The van der Waals surface area contributed by atoms with Gasteiger partial charge in [0.2, 0.25) is 0 Å². The number of hydrogen-bond donors (Lipinski definition) is 1. The maximum absolute atomic E-state index is 5.72. The molecule has 4 heteroatoms. The van der Waals surface area contributed by atoms with Crippen molar-refractivity contribution in [3.05, 3.63) is 22.8 Å². The molecule has 1 aliphatic heterocycles. The van der Waals surface area contributed by atoms with Gasteiger partial charge in [-0.1, -0.05) is 0 Å². The smallest absolute Gasteiger partial charge is 0.125 e. The lowest BCUT2D eigenvalue weighted by atomic mass is 9.84. The first-order chi connectivity index (χ1) is 10.6. The summed E-state index contributed by atoms with van der Waals surface area (Å²) in [6.45, 7) is 6.73. The minimum absolute atomic E-state index is 0.589. The Labute approximate surface area is 134 Å². The van der Waals surface area contributed by atoms with Gasteiger partial charge in [0.15, 0.2) is 0 Å². The molecule has 1 fully saturated rings. The van der Waals surface area contributed by atoms with Gasteiger partial charge in [0.05, 0.1) is 7.11 Å². The molecule has 1 heterocycles. The molecule has 0 saturated carbocycles. The van der Waals surface area contributed by atoms with Crippen molar-refractivity contribution in [3.8, 4) is 5.75 Å². The van der Waals surface area contributed by atoms with E-state index in [-0.39, 0.29) is 0 Å². The molecular weight excluding hydrogens is 274 g/mol. The highest BCUT2D eigenvalue weighted by atomic mass is 16.5. The number of nitrogens with one attached hydrogen (secondary N) is 1. The van der Waals surface area contributed by atoms with Crippen LogP contribution in [-0.4, -0.2) is 58.3 Å². The SMILES string of the molecule is CNC1CCc2c(c(N3CCN(C)CC3)cc(C)c2OC)C1. The van der Waals surface area contributed by atoms with E-state index in [2.05, 4.69) is 42.2 Å². The van der Waals surface area contributed by atoms with Crippen molar-refractivity contribution in [2.24, 2.45) is 0 Å². The Bertz CT molecular complexity index is 536. The molecule has 3 rings (SSSR count). The van der Waals surface area contributed by atoms with Gasteiger partial charge in [-0.3, -0.25) is 0 Å². The topological polar surface area (TPSA) is 27.7 Å². The van der Waals surface area contributed by atoms with Gasteiger partial charge in [-0.15, -0.1) is 0 Å². The lowest BCUT2D eigenvalue weighted by Gasteiger charge is -2.38. The van der Waals surface area contributed by atoms with Crippen LogP contribution in [0.2, 0.25) is 0 Å². The standard InChI is InChI=1S/C18H29N3O/c1-13-11-17(21-9-7-20(3)8-10-21)16-12-14(19-2)5-6-15(16)18(13)22-4/h11,14,19H,5-10,12H2,1-4H3. The molecule has 1 N–H and O–H groups in total. The second-order valence-corrected chi connectivity index (χ2v) is 6.72. The lowest BCUT2D eigenvalue weighted by Crippen LogP contribution is -2.45. The molecule has 1 saturated heterocycles. The van der Waals surface area contributed by atoms with E-state index in [1.165, 1.54) is 28.8 Å². The van der Waals surface area contributed by atoms with E-state index in [4.69, 9.17) is 4.74 Å². The van der Waals surface area contributed by atoms with Crippen molar-refractivity contribution in [1.82, 2.24) is 10.2 Å². The summed E-state index contributed by atoms with van der Waals surface area (Å²) >= 11 is 0. The molecule has 0 aromatic heterocycles. The monoisotopic (exact) mass is 303 g/mol. The Kier molecular flexibility index (Phi) is 4.59. The third kappa shape index (κ3) is 2.82. The Balaban J connectivity index is 2.00. The fraction of sp³-hybridized carbons (Fsp3) is 0.667. The number of methoxy groups -OCH3 is 1. The average Bonchev–Trinajstić information content (AvgIpc) is 2.54. The first-order valence-corrected chi connectivity index (χ1v) is 8.44. The van der Waals surface area contributed by atoms with Crippen molar-refractivity contribution >= 4 is 5.69 Å². The Morgan fingerprint density at radius 3 is 2.55 bits per heavy atom. The average molecular weight is 303 g/mol. The van der Waals surface area contributed by atoms with Crippen molar-refractivity contribution in [2.45, 2.75) is 32.2 Å². The summed E-state index contributed by atoms with van der Waals surface area (Å²) in [6, 6.07) is 2.94. The predicted molar refractivity (Wildman–Crippen MR) is 92.3 cm³/mol. The number of ether oxygens (including phenoxy) is 1. The number of rotatable bonds is 3. The van der Waals surface area contributed by atoms with Crippen LogP contribution in [0.25, 0.3) is 0 Å². The molecule has 1 aliphatic carbocycles. The minimum atomic E-state index is 0.589. The second kappa shape index (κ2) is 6.47. The van der Waals surface area contributed by atoms with Gasteiger partial charge in [0.25, 0.3) is 0 Å². The Morgan fingerprint density at radius 2 is 1.91 bits per heavy atom. The highest BCUT2D eigenvalue weighted by molar-refractivity contribution is 5.65. The first kappa shape index (κ1) is 15.6. The van der Waals surface area contributed by atoms with Crippen LogP contribution >= 0.6 is 0 Å². The third-order valence-corrected chi connectivity index (χ3v) is 5.31. The van der Waals surface area contributed by atoms with Crippen LogP contribution in [0.15, 0.2) is 6.07 Å². The number of likely N-dealkylation sites (N-methyl/N-ethyl adjacent to an activating group) is 2. The number of anilines is 1. The van der Waals surface area contributed by atoms with Crippen molar-refractivity contribution in [3.63, 3.8) is 0 Å². The number of aryl methyl sites for hydroxylation is 1. The van der Waals surface area contributed by atoms with E-state index in [1.807, 2.05) is 7.11 Å². The van der Waals surface area contributed by atoms with Gasteiger partial charge in [-0.25, -0.2) is 0 Å². The third-order valence-electron chi connectivity index (χ3n) is 5.31. The number of benzene rings is 1. The van der Waals surface area contributed by atoms with E-state index >= 15 is 0 Å². The zero-order chi connectivity index (χ0) is 15.7. The summed E-state index contributed by atoms with van der Waals surface area (Å²) < 4.78 is 5.72. The minimum Gasteiger partial charge on any atom is -0.496 e. The van der Waals surface area contributed by atoms with Crippen LogP contribution in [0, 0.1) is 6.92 Å². The van der Waals surface area contributed by atoms with E-state index in [1.54, 1.807) is 0 Å². The second-order valence-electron chi connectivity index (χ2n) is 6.72. The van der Waals surface area contributed by atoms with Crippen LogP contribution in [0.1, 0.15) is 23.1 Å². The molecule has 2 aliphatic rings. The molecule has 0 bridgehead atoms. The molecular formula is C18H29N3O. The zero-order valence-electron chi connectivity index (χ0n) is 14.4. The van der Waals surface area contributed by atoms with Crippen LogP contribution in [-0.2, 0) is 12.8 Å². The summed E-state index contributed by atoms with van der Waals surface area (Å²) in [4.78, 5) is 4.99. The first-order valence-electron chi connectivity index (χ1n) is 8.44. The Hall–Kier alpha value is -1.26. The molecule has 0 spiro atoms. The molecule has 122 valence electrons. The van der Waals surface area contributed by atoms with Gasteiger partial charge >= 0.3 is 0 Å². The van der Waals surface area contributed by atoms with E-state index < -0.39 is 0 Å².